The van der Waals surface area contributed by atoms with Gasteiger partial charge in [0, 0.05) is 11.1 Å². The molecule has 1 aliphatic rings. The van der Waals surface area contributed by atoms with Gasteiger partial charge in [0.25, 0.3) is 0 Å². The largest absolute Gasteiger partial charge is 0.375 e. The lowest BCUT2D eigenvalue weighted by Gasteiger charge is -2.50. The molecule has 2 unspecified atom stereocenters. The number of benzene rings is 1. The number of para-hydroxylation sites is 1. The molecule has 0 aromatic heterocycles. The molecular weight excluding hydrogens is 250 g/mol. The second-order valence-corrected chi connectivity index (χ2v) is 6.25. The van der Waals surface area contributed by atoms with Crippen molar-refractivity contribution < 1.29 is 4.74 Å². The molecule has 110 valence electrons. The van der Waals surface area contributed by atoms with Crippen molar-refractivity contribution >= 4 is 11.6 Å². The Morgan fingerprint density at radius 3 is 2.55 bits per heavy atom. The molecule has 1 fully saturated rings. The van der Waals surface area contributed by atoms with Gasteiger partial charge in [0.2, 0.25) is 0 Å². The van der Waals surface area contributed by atoms with Gasteiger partial charge in [-0.1, -0.05) is 32.0 Å². The zero-order chi connectivity index (χ0) is 14.8. The average Bonchev–Trinajstić information content (AvgIpc) is 2.38. The summed E-state index contributed by atoms with van der Waals surface area (Å²) < 4.78 is 5.90. The van der Waals surface area contributed by atoms with Crippen molar-refractivity contribution in [2.75, 3.05) is 5.32 Å². The SMILES string of the molecule is CC(C)OC1CC(N=C(N)Nc2ccccc2)C1(C)C. The highest BCUT2D eigenvalue weighted by atomic mass is 16.5. The van der Waals surface area contributed by atoms with Crippen LogP contribution >= 0.6 is 0 Å². The Labute approximate surface area is 121 Å². The molecule has 0 amide bonds. The molecule has 1 saturated carbocycles. The minimum Gasteiger partial charge on any atom is -0.375 e. The summed E-state index contributed by atoms with van der Waals surface area (Å²) in [5.41, 5.74) is 6.98. The fourth-order valence-electron chi connectivity index (χ4n) is 2.51. The van der Waals surface area contributed by atoms with Crippen LogP contribution in [0, 0.1) is 5.41 Å². The second-order valence-electron chi connectivity index (χ2n) is 6.25. The quantitative estimate of drug-likeness (QED) is 0.656. The number of ether oxygens (including phenoxy) is 1. The predicted molar refractivity (Wildman–Crippen MR) is 83.9 cm³/mol. The lowest BCUT2D eigenvalue weighted by Crippen LogP contribution is -2.55. The van der Waals surface area contributed by atoms with E-state index in [4.69, 9.17) is 10.5 Å². The molecule has 0 spiro atoms. The first-order valence-corrected chi connectivity index (χ1v) is 7.20. The van der Waals surface area contributed by atoms with Crippen molar-refractivity contribution in [3.05, 3.63) is 30.3 Å². The summed E-state index contributed by atoms with van der Waals surface area (Å²) in [4.78, 5) is 4.59. The molecule has 2 atom stereocenters. The van der Waals surface area contributed by atoms with E-state index < -0.39 is 0 Å². The maximum atomic E-state index is 5.98. The van der Waals surface area contributed by atoms with E-state index in [1.54, 1.807) is 0 Å². The van der Waals surface area contributed by atoms with Gasteiger partial charge in [0.1, 0.15) is 0 Å². The standard InChI is InChI=1S/C16H25N3O/c1-11(2)20-14-10-13(16(14,3)4)19-15(17)18-12-8-6-5-7-9-12/h5-9,11,13-14H,10H2,1-4H3,(H3,17,18,19). The molecule has 0 radical (unpaired) electrons. The third kappa shape index (κ3) is 3.31. The van der Waals surface area contributed by atoms with Gasteiger partial charge in [0.15, 0.2) is 5.96 Å². The van der Waals surface area contributed by atoms with Crippen molar-refractivity contribution in [3.63, 3.8) is 0 Å². The number of hydrogen-bond donors (Lipinski definition) is 2. The van der Waals surface area contributed by atoms with Crippen LogP contribution in [0.4, 0.5) is 5.69 Å². The smallest absolute Gasteiger partial charge is 0.193 e. The van der Waals surface area contributed by atoms with Crippen molar-refractivity contribution in [1.29, 1.82) is 0 Å². The molecule has 3 N–H and O–H groups in total. The van der Waals surface area contributed by atoms with Gasteiger partial charge >= 0.3 is 0 Å². The van der Waals surface area contributed by atoms with Gasteiger partial charge in [-0.2, -0.15) is 0 Å². The highest BCUT2D eigenvalue weighted by Crippen LogP contribution is 2.45. The van der Waals surface area contributed by atoms with E-state index in [0.717, 1.165) is 12.1 Å². The van der Waals surface area contributed by atoms with Crippen LogP contribution in [0.2, 0.25) is 0 Å². The summed E-state index contributed by atoms with van der Waals surface area (Å²) in [5.74, 6) is 0.470. The molecule has 1 aromatic carbocycles. The number of nitrogens with zero attached hydrogens (tertiary/aromatic N) is 1. The molecule has 4 heteroatoms. The van der Waals surface area contributed by atoms with Crippen LogP contribution in [0.1, 0.15) is 34.1 Å². The van der Waals surface area contributed by atoms with Crippen molar-refractivity contribution in [2.45, 2.75) is 52.4 Å². The number of nitrogens with one attached hydrogen (secondary N) is 1. The summed E-state index contributed by atoms with van der Waals surface area (Å²) in [6, 6.07) is 10.1. The summed E-state index contributed by atoms with van der Waals surface area (Å²) in [6.07, 6.45) is 1.45. The number of hydrogen-bond acceptors (Lipinski definition) is 2. The normalized spacial score (nSPS) is 25.4. The number of anilines is 1. The van der Waals surface area contributed by atoms with E-state index in [1.165, 1.54) is 0 Å². The van der Waals surface area contributed by atoms with Gasteiger partial charge in [-0.25, -0.2) is 4.99 Å². The van der Waals surface area contributed by atoms with Gasteiger partial charge < -0.3 is 15.8 Å². The number of rotatable bonds is 4. The molecule has 4 nitrogen and oxygen atoms in total. The summed E-state index contributed by atoms with van der Waals surface area (Å²) in [6.45, 7) is 8.51. The zero-order valence-corrected chi connectivity index (χ0v) is 12.8. The monoisotopic (exact) mass is 275 g/mol. The van der Waals surface area contributed by atoms with Crippen molar-refractivity contribution in [2.24, 2.45) is 16.1 Å². The Bertz CT molecular complexity index is 468. The van der Waals surface area contributed by atoms with Crippen molar-refractivity contribution in [3.8, 4) is 0 Å². The summed E-state index contributed by atoms with van der Waals surface area (Å²) >= 11 is 0. The maximum Gasteiger partial charge on any atom is 0.193 e. The number of aliphatic imine (C=N–C) groups is 1. The Hall–Kier alpha value is -1.55. The van der Waals surface area contributed by atoms with E-state index in [1.807, 2.05) is 30.3 Å². The van der Waals surface area contributed by atoms with Crippen LogP contribution in [0.3, 0.4) is 0 Å². The van der Waals surface area contributed by atoms with Gasteiger partial charge in [-0.05, 0) is 32.4 Å². The highest BCUT2D eigenvalue weighted by molar-refractivity contribution is 5.92. The molecule has 0 saturated heterocycles. The lowest BCUT2D eigenvalue weighted by atomic mass is 9.64. The van der Waals surface area contributed by atoms with E-state index in [0.29, 0.717) is 5.96 Å². The molecule has 0 bridgehead atoms. The van der Waals surface area contributed by atoms with Gasteiger partial charge in [-0.3, -0.25) is 0 Å². The van der Waals surface area contributed by atoms with Crippen LogP contribution in [-0.4, -0.2) is 24.2 Å². The maximum absolute atomic E-state index is 5.98. The molecule has 0 aliphatic heterocycles. The average molecular weight is 275 g/mol. The third-order valence-corrected chi connectivity index (χ3v) is 3.90. The van der Waals surface area contributed by atoms with E-state index in [2.05, 4.69) is 38.0 Å². The first-order valence-electron chi connectivity index (χ1n) is 7.20. The fourth-order valence-corrected chi connectivity index (χ4v) is 2.51. The van der Waals surface area contributed by atoms with Crippen LogP contribution < -0.4 is 11.1 Å². The highest BCUT2D eigenvalue weighted by Gasteiger charge is 2.49. The minimum atomic E-state index is 0.0350. The van der Waals surface area contributed by atoms with E-state index in [-0.39, 0.29) is 23.7 Å². The van der Waals surface area contributed by atoms with Crippen molar-refractivity contribution in [1.82, 2.24) is 0 Å². The molecule has 2 rings (SSSR count). The number of guanidine groups is 1. The molecule has 1 aliphatic carbocycles. The number of nitrogens with two attached hydrogens (primary N) is 1. The lowest BCUT2D eigenvalue weighted by molar-refractivity contribution is -0.129. The molecular formula is C16H25N3O. The first-order chi connectivity index (χ1) is 9.39. The summed E-state index contributed by atoms with van der Waals surface area (Å²) in [7, 11) is 0. The van der Waals surface area contributed by atoms with Gasteiger partial charge in [-0.15, -0.1) is 0 Å². The van der Waals surface area contributed by atoms with Gasteiger partial charge in [0.05, 0.1) is 18.2 Å². The first kappa shape index (κ1) is 14.9. The van der Waals surface area contributed by atoms with Crippen LogP contribution in [0.25, 0.3) is 0 Å². The molecule has 1 aromatic rings. The Morgan fingerprint density at radius 1 is 1.35 bits per heavy atom. The Balaban J connectivity index is 1.95. The van der Waals surface area contributed by atoms with E-state index >= 15 is 0 Å². The second kappa shape index (κ2) is 5.83. The van der Waals surface area contributed by atoms with Crippen LogP contribution in [0.15, 0.2) is 35.3 Å². The zero-order valence-electron chi connectivity index (χ0n) is 12.8. The fraction of sp³-hybridized carbons (Fsp3) is 0.562. The minimum absolute atomic E-state index is 0.0350. The Morgan fingerprint density at radius 2 is 2.00 bits per heavy atom. The summed E-state index contributed by atoms with van der Waals surface area (Å²) in [5, 5.41) is 3.12. The topological polar surface area (TPSA) is 59.6 Å². The van der Waals surface area contributed by atoms with Crippen LogP contribution in [0.5, 0.6) is 0 Å². The molecule has 20 heavy (non-hydrogen) atoms. The predicted octanol–water partition coefficient (Wildman–Crippen LogP) is 3.01. The third-order valence-electron chi connectivity index (χ3n) is 3.90. The molecule has 0 heterocycles. The Kier molecular flexibility index (Phi) is 4.33. The van der Waals surface area contributed by atoms with E-state index in [9.17, 15) is 0 Å². The van der Waals surface area contributed by atoms with Crippen LogP contribution in [-0.2, 0) is 4.74 Å².